The summed E-state index contributed by atoms with van der Waals surface area (Å²) >= 11 is 0. The van der Waals surface area contributed by atoms with Gasteiger partial charge in [0.15, 0.2) is 0 Å². The Morgan fingerprint density at radius 2 is 2.13 bits per heavy atom. The zero-order chi connectivity index (χ0) is 11.1. The number of carbonyl (C=O) groups excluding carboxylic acids is 1. The molecular formula is C12H13NO2. The Labute approximate surface area is 89.1 Å². The highest BCUT2D eigenvalue weighted by atomic mass is 16.3. The first-order chi connectivity index (χ1) is 7.22. The largest absolute Gasteiger partial charge is 0.394 e. The van der Waals surface area contributed by atoms with Crippen LogP contribution in [0.5, 0.6) is 0 Å². The minimum absolute atomic E-state index is 0.0846. The molecule has 1 amide bonds. The molecule has 2 N–H and O–H groups in total. The van der Waals surface area contributed by atoms with E-state index in [4.69, 9.17) is 5.11 Å². The van der Waals surface area contributed by atoms with Gasteiger partial charge in [-0.3, -0.25) is 4.79 Å². The van der Waals surface area contributed by atoms with Gasteiger partial charge in [-0.1, -0.05) is 24.1 Å². The van der Waals surface area contributed by atoms with E-state index >= 15 is 0 Å². The third kappa shape index (κ3) is 4.30. The highest BCUT2D eigenvalue weighted by molar-refractivity contribution is 5.94. The molecule has 0 unspecified atom stereocenters. The van der Waals surface area contributed by atoms with E-state index in [0.717, 1.165) is 5.56 Å². The van der Waals surface area contributed by atoms with Gasteiger partial charge in [0.2, 0.25) is 0 Å². The second kappa shape index (κ2) is 5.84. The number of hydrogen-bond donors (Lipinski definition) is 2. The van der Waals surface area contributed by atoms with Crippen molar-refractivity contribution in [2.24, 2.45) is 0 Å². The fraction of sp³-hybridized carbons (Fsp3) is 0.250. The smallest absolute Gasteiger partial charge is 0.296 e. The third-order valence-corrected chi connectivity index (χ3v) is 1.75. The quantitative estimate of drug-likeness (QED) is 0.689. The van der Waals surface area contributed by atoms with Crippen molar-refractivity contribution in [3.8, 4) is 11.8 Å². The lowest BCUT2D eigenvalue weighted by atomic mass is 10.2. The Morgan fingerprint density at radius 3 is 2.73 bits per heavy atom. The fourth-order valence-electron chi connectivity index (χ4n) is 0.956. The van der Waals surface area contributed by atoms with Gasteiger partial charge in [-0.15, -0.1) is 0 Å². The summed E-state index contributed by atoms with van der Waals surface area (Å²) in [6.45, 7) is 1.63. The highest BCUT2D eigenvalue weighted by Gasteiger charge is 2.01. The van der Waals surface area contributed by atoms with Crippen LogP contribution in [-0.4, -0.2) is 23.7 Å². The van der Waals surface area contributed by atoms with Crippen LogP contribution in [-0.2, 0) is 4.79 Å². The number of amides is 1. The average molecular weight is 203 g/mol. The lowest BCUT2D eigenvalue weighted by Crippen LogP contribution is -2.33. The summed E-state index contributed by atoms with van der Waals surface area (Å²) in [6.07, 6.45) is 0. The second-order valence-corrected chi connectivity index (χ2v) is 3.17. The Kier molecular flexibility index (Phi) is 4.39. The number of hydrogen-bond acceptors (Lipinski definition) is 2. The first kappa shape index (κ1) is 11.3. The van der Waals surface area contributed by atoms with Crippen LogP contribution in [0.3, 0.4) is 0 Å². The molecule has 78 valence electrons. The number of aliphatic hydroxyl groups excluding tert-OH is 1. The highest BCUT2D eigenvalue weighted by Crippen LogP contribution is 1.94. The zero-order valence-corrected chi connectivity index (χ0v) is 8.53. The van der Waals surface area contributed by atoms with Gasteiger partial charge >= 0.3 is 0 Å². The molecule has 1 atom stereocenters. The van der Waals surface area contributed by atoms with Crippen LogP contribution >= 0.6 is 0 Å². The molecule has 0 aromatic heterocycles. The first-order valence-corrected chi connectivity index (χ1v) is 4.71. The predicted molar refractivity (Wildman–Crippen MR) is 58.0 cm³/mol. The van der Waals surface area contributed by atoms with Gasteiger partial charge < -0.3 is 10.4 Å². The Balaban J connectivity index is 2.55. The normalized spacial score (nSPS) is 11.1. The SMILES string of the molecule is C[C@H](CO)NC(=O)C#Cc1ccccc1. The van der Waals surface area contributed by atoms with Crippen molar-refractivity contribution in [3.63, 3.8) is 0 Å². The van der Waals surface area contributed by atoms with Gasteiger partial charge in [-0.25, -0.2) is 0 Å². The van der Waals surface area contributed by atoms with Crippen LogP contribution < -0.4 is 5.32 Å². The van der Waals surface area contributed by atoms with Crippen molar-refractivity contribution >= 4 is 5.91 Å². The lowest BCUT2D eigenvalue weighted by molar-refractivity contribution is -0.116. The molecule has 3 nitrogen and oxygen atoms in total. The predicted octanol–water partition coefficient (Wildman–Crippen LogP) is 0.535. The van der Waals surface area contributed by atoms with Crippen molar-refractivity contribution < 1.29 is 9.90 Å². The van der Waals surface area contributed by atoms with Gasteiger partial charge in [0, 0.05) is 11.5 Å². The standard InChI is InChI=1S/C12H13NO2/c1-10(9-14)13-12(15)8-7-11-5-3-2-4-6-11/h2-6,10,14H,9H2,1H3,(H,13,15)/t10-/m1/s1. The summed E-state index contributed by atoms with van der Waals surface area (Å²) in [4.78, 5) is 11.2. The Hall–Kier alpha value is -1.79. The van der Waals surface area contributed by atoms with Crippen molar-refractivity contribution in [1.29, 1.82) is 0 Å². The summed E-state index contributed by atoms with van der Waals surface area (Å²) in [5, 5.41) is 11.2. The van der Waals surface area contributed by atoms with E-state index in [-0.39, 0.29) is 18.6 Å². The molecule has 1 aromatic carbocycles. The second-order valence-electron chi connectivity index (χ2n) is 3.17. The molecule has 1 aromatic rings. The molecule has 0 bridgehead atoms. The molecule has 1 rings (SSSR count). The number of carbonyl (C=O) groups is 1. The van der Waals surface area contributed by atoms with Crippen molar-refractivity contribution in [3.05, 3.63) is 35.9 Å². The van der Waals surface area contributed by atoms with E-state index in [0.29, 0.717) is 0 Å². The molecule has 0 heterocycles. The maximum absolute atomic E-state index is 11.2. The maximum Gasteiger partial charge on any atom is 0.296 e. The summed E-state index contributed by atoms with van der Waals surface area (Å²) < 4.78 is 0. The molecule has 0 aliphatic carbocycles. The van der Waals surface area contributed by atoms with Crippen LogP contribution in [0.1, 0.15) is 12.5 Å². The lowest BCUT2D eigenvalue weighted by Gasteiger charge is -2.05. The summed E-state index contributed by atoms with van der Waals surface area (Å²) in [6, 6.07) is 9.00. The van der Waals surface area contributed by atoms with E-state index in [1.165, 1.54) is 0 Å². The van der Waals surface area contributed by atoms with E-state index < -0.39 is 0 Å². The van der Waals surface area contributed by atoms with Crippen LogP contribution in [0.4, 0.5) is 0 Å². The molecule has 15 heavy (non-hydrogen) atoms. The third-order valence-electron chi connectivity index (χ3n) is 1.75. The zero-order valence-electron chi connectivity index (χ0n) is 8.53. The molecule has 0 saturated heterocycles. The van der Waals surface area contributed by atoms with Gasteiger partial charge in [0.05, 0.1) is 12.6 Å². The van der Waals surface area contributed by atoms with E-state index in [9.17, 15) is 4.79 Å². The van der Waals surface area contributed by atoms with E-state index in [2.05, 4.69) is 17.2 Å². The summed E-state index contributed by atoms with van der Waals surface area (Å²) in [5.74, 6) is 4.81. The maximum atomic E-state index is 11.2. The summed E-state index contributed by atoms with van der Waals surface area (Å²) in [7, 11) is 0. The number of rotatable bonds is 2. The van der Waals surface area contributed by atoms with Gasteiger partial charge in [0.25, 0.3) is 5.91 Å². The average Bonchev–Trinajstić information content (AvgIpc) is 2.27. The fourth-order valence-corrected chi connectivity index (χ4v) is 0.956. The Morgan fingerprint density at radius 1 is 1.47 bits per heavy atom. The van der Waals surface area contributed by atoms with E-state index in [1.54, 1.807) is 6.92 Å². The van der Waals surface area contributed by atoms with Gasteiger partial charge in [0.1, 0.15) is 0 Å². The number of nitrogens with one attached hydrogen (secondary N) is 1. The molecule has 0 saturated carbocycles. The first-order valence-electron chi connectivity index (χ1n) is 4.71. The monoisotopic (exact) mass is 203 g/mol. The minimum atomic E-state index is -0.375. The van der Waals surface area contributed by atoms with Crippen LogP contribution in [0, 0.1) is 11.8 Å². The number of aliphatic hydroxyl groups is 1. The molecule has 0 aliphatic rings. The molecule has 0 aliphatic heterocycles. The molecule has 0 fully saturated rings. The van der Waals surface area contributed by atoms with E-state index in [1.807, 2.05) is 30.3 Å². The van der Waals surface area contributed by atoms with Crippen molar-refractivity contribution in [1.82, 2.24) is 5.32 Å². The van der Waals surface area contributed by atoms with Gasteiger partial charge in [-0.05, 0) is 19.1 Å². The summed E-state index contributed by atoms with van der Waals surface area (Å²) in [5.41, 5.74) is 0.796. The topological polar surface area (TPSA) is 49.3 Å². The van der Waals surface area contributed by atoms with Crippen LogP contribution in [0.2, 0.25) is 0 Å². The Bertz CT molecular complexity index is 376. The molecule has 3 heteroatoms. The molecule has 0 spiro atoms. The minimum Gasteiger partial charge on any atom is -0.394 e. The molecule has 0 radical (unpaired) electrons. The van der Waals surface area contributed by atoms with Crippen LogP contribution in [0.15, 0.2) is 30.3 Å². The van der Waals surface area contributed by atoms with Crippen molar-refractivity contribution in [2.45, 2.75) is 13.0 Å². The van der Waals surface area contributed by atoms with Gasteiger partial charge in [-0.2, -0.15) is 0 Å². The van der Waals surface area contributed by atoms with Crippen molar-refractivity contribution in [2.75, 3.05) is 6.61 Å². The molecular weight excluding hydrogens is 190 g/mol. The number of benzene rings is 1. The van der Waals surface area contributed by atoms with Crippen LogP contribution in [0.25, 0.3) is 0 Å².